The van der Waals surface area contributed by atoms with Crippen molar-refractivity contribution in [1.29, 1.82) is 5.26 Å². The molecular weight excluding hydrogens is 472 g/mol. The summed E-state index contributed by atoms with van der Waals surface area (Å²) in [7, 11) is 0. The highest BCUT2D eigenvalue weighted by Gasteiger charge is 2.25. The fourth-order valence-electron chi connectivity index (χ4n) is 4.35. The van der Waals surface area contributed by atoms with E-state index in [2.05, 4.69) is 4.74 Å². The summed E-state index contributed by atoms with van der Waals surface area (Å²) in [6, 6.07) is 5.67. The van der Waals surface area contributed by atoms with Crippen LogP contribution in [0.25, 0.3) is 11.1 Å². The van der Waals surface area contributed by atoms with Gasteiger partial charge in [-0.2, -0.15) is 5.26 Å². The first kappa shape index (κ1) is 24.3. The number of halogens is 6. The van der Waals surface area contributed by atoms with Crippen LogP contribution >= 0.6 is 0 Å². The van der Waals surface area contributed by atoms with Crippen molar-refractivity contribution in [3.8, 4) is 22.9 Å². The Morgan fingerprint density at radius 2 is 1.37 bits per heavy atom. The Kier molecular flexibility index (Phi) is 6.83. The first-order valence-corrected chi connectivity index (χ1v) is 10.8. The topological polar surface area (TPSA) is 50.1 Å². The van der Waals surface area contributed by atoms with E-state index in [1.807, 2.05) is 0 Å². The third kappa shape index (κ3) is 5.02. The van der Waals surface area contributed by atoms with Gasteiger partial charge in [0.15, 0.2) is 0 Å². The van der Waals surface area contributed by atoms with Gasteiger partial charge in [0.2, 0.25) is 0 Å². The van der Waals surface area contributed by atoms with Crippen molar-refractivity contribution in [1.82, 2.24) is 0 Å². The van der Waals surface area contributed by atoms with E-state index in [1.165, 1.54) is 6.07 Å². The van der Waals surface area contributed by atoms with Gasteiger partial charge >= 0.3 is 5.97 Å². The summed E-state index contributed by atoms with van der Waals surface area (Å²) in [5.41, 5.74) is -2.84. The monoisotopic (exact) mass is 489 g/mol. The molecule has 0 saturated heterocycles. The van der Waals surface area contributed by atoms with Gasteiger partial charge in [0, 0.05) is 12.1 Å². The van der Waals surface area contributed by atoms with Crippen molar-refractivity contribution >= 4 is 5.97 Å². The van der Waals surface area contributed by atoms with Crippen LogP contribution in [0.5, 0.6) is 5.75 Å². The first-order valence-electron chi connectivity index (χ1n) is 10.8. The van der Waals surface area contributed by atoms with E-state index in [-0.39, 0.29) is 0 Å². The van der Waals surface area contributed by atoms with Gasteiger partial charge in [-0.1, -0.05) is 25.7 Å². The van der Waals surface area contributed by atoms with E-state index >= 15 is 0 Å². The molecule has 0 aliphatic heterocycles. The Hall–Kier alpha value is -3.80. The maximum Gasteiger partial charge on any atom is 0.349 e. The smallest absolute Gasteiger partial charge is 0.349 e. The maximum absolute atomic E-state index is 14.7. The van der Waals surface area contributed by atoms with Crippen molar-refractivity contribution in [3.05, 3.63) is 88.0 Å². The van der Waals surface area contributed by atoms with Crippen LogP contribution in [0.3, 0.4) is 0 Å². The number of hydrogen-bond donors (Lipinski definition) is 0. The van der Waals surface area contributed by atoms with Crippen LogP contribution in [-0.2, 0) is 6.42 Å². The second-order valence-electron chi connectivity index (χ2n) is 8.37. The van der Waals surface area contributed by atoms with E-state index in [1.54, 1.807) is 0 Å². The van der Waals surface area contributed by atoms with Crippen LogP contribution in [-0.4, -0.2) is 5.97 Å². The highest BCUT2D eigenvalue weighted by atomic mass is 19.2. The summed E-state index contributed by atoms with van der Waals surface area (Å²) >= 11 is 0. The van der Waals surface area contributed by atoms with Crippen molar-refractivity contribution < 1.29 is 35.9 Å². The highest BCUT2D eigenvalue weighted by Crippen LogP contribution is 2.33. The number of esters is 1. The van der Waals surface area contributed by atoms with Crippen molar-refractivity contribution in [2.75, 3.05) is 0 Å². The number of carbonyl (C=O) groups is 1. The van der Waals surface area contributed by atoms with E-state index in [4.69, 9.17) is 5.26 Å². The number of hydrogen-bond acceptors (Lipinski definition) is 3. The zero-order valence-electron chi connectivity index (χ0n) is 18.1. The number of nitriles is 1. The molecule has 9 heteroatoms. The molecule has 3 aromatic rings. The summed E-state index contributed by atoms with van der Waals surface area (Å²) in [6.07, 6.45) is 4.58. The van der Waals surface area contributed by atoms with E-state index in [0.717, 1.165) is 37.8 Å². The summed E-state index contributed by atoms with van der Waals surface area (Å²) < 4.78 is 90.9. The molecule has 4 rings (SSSR count). The van der Waals surface area contributed by atoms with E-state index in [9.17, 15) is 31.1 Å². The predicted octanol–water partition coefficient (Wildman–Crippen LogP) is 7.01. The number of ether oxygens (including phenoxy) is 1. The summed E-state index contributed by atoms with van der Waals surface area (Å²) in [5, 5.41) is 8.67. The Balaban J connectivity index is 1.61. The minimum Gasteiger partial charge on any atom is -0.423 e. The Bertz CT molecular complexity index is 1290. The molecule has 3 aromatic carbocycles. The zero-order chi connectivity index (χ0) is 25.3. The fourth-order valence-corrected chi connectivity index (χ4v) is 4.35. The van der Waals surface area contributed by atoms with Crippen LogP contribution in [0.4, 0.5) is 26.3 Å². The standard InChI is InChI=1S/C26H17F6NO2/c27-18-10-16(11-19(28)17(18)12-33)35-26(34)25-22(31)8-15(9-23(25)32)24-20(29)6-14(7-21(24)30)5-13-3-1-2-4-13/h6-11,13H,1-5H2. The quantitative estimate of drug-likeness (QED) is 0.220. The lowest BCUT2D eigenvalue weighted by Gasteiger charge is -2.13. The summed E-state index contributed by atoms with van der Waals surface area (Å²) in [5.74, 6) is -9.71. The summed E-state index contributed by atoms with van der Waals surface area (Å²) in [4.78, 5) is 12.3. The third-order valence-electron chi connectivity index (χ3n) is 5.97. The molecule has 0 spiro atoms. The Morgan fingerprint density at radius 1 is 0.829 bits per heavy atom. The van der Waals surface area contributed by atoms with Gasteiger partial charge < -0.3 is 4.74 Å². The number of nitrogens with zero attached hydrogens (tertiary/aromatic N) is 1. The Labute approximate surface area is 196 Å². The molecular formula is C26H17F6NO2. The normalized spacial score (nSPS) is 13.6. The van der Waals surface area contributed by atoms with Gasteiger partial charge in [0.1, 0.15) is 57.8 Å². The van der Waals surface area contributed by atoms with Crippen molar-refractivity contribution in [3.63, 3.8) is 0 Å². The Morgan fingerprint density at radius 3 is 1.89 bits per heavy atom. The second kappa shape index (κ2) is 9.82. The van der Waals surface area contributed by atoms with Crippen LogP contribution in [0, 0.1) is 52.2 Å². The number of carbonyl (C=O) groups excluding carboxylic acids is 1. The molecule has 1 saturated carbocycles. The molecule has 180 valence electrons. The summed E-state index contributed by atoms with van der Waals surface area (Å²) in [6.45, 7) is 0. The first-order chi connectivity index (χ1) is 16.7. The van der Waals surface area contributed by atoms with E-state index in [0.29, 0.717) is 42.2 Å². The number of benzene rings is 3. The van der Waals surface area contributed by atoms with Gasteiger partial charge in [0.05, 0.1) is 5.56 Å². The largest absolute Gasteiger partial charge is 0.423 e. The molecule has 1 aliphatic rings. The predicted molar refractivity (Wildman–Crippen MR) is 113 cm³/mol. The molecule has 0 amide bonds. The molecule has 3 nitrogen and oxygen atoms in total. The maximum atomic E-state index is 14.7. The van der Waals surface area contributed by atoms with Gasteiger partial charge in [-0.15, -0.1) is 0 Å². The SMILES string of the molecule is N#Cc1c(F)cc(OC(=O)c2c(F)cc(-c3c(F)cc(CC4CCCC4)cc3F)cc2F)cc1F. The molecule has 0 N–H and O–H groups in total. The van der Waals surface area contributed by atoms with Crippen molar-refractivity contribution in [2.45, 2.75) is 32.1 Å². The zero-order valence-corrected chi connectivity index (χ0v) is 18.1. The lowest BCUT2D eigenvalue weighted by molar-refractivity contribution is 0.0724. The molecule has 0 atom stereocenters. The highest BCUT2D eigenvalue weighted by molar-refractivity contribution is 5.92. The molecule has 0 aromatic heterocycles. The van der Waals surface area contributed by atoms with Gasteiger partial charge in [-0.05, 0) is 47.7 Å². The van der Waals surface area contributed by atoms with Crippen LogP contribution in [0.1, 0.15) is 47.2 Å². The van der Waals surface area contributed by atoms with Gasteiger partial charge in [-0.3, -0.25) is 0 Å². The number of rotatable bonds is 5. The molecule has 0 unspecified atom stereocenters. The average molecular weight is 489 g/mol. The third-order valence-corrected chi connectivity index (χ3v) is 5.97. The average Bonchev–Trinajstić information content (AvgIpc) is 3.25. The molecule has 0 radical (unpaired) electrons. The molecule has 0 bridgehead atoms. The molecule has 35 heavy (non-hydrogen) atoms. The van der Waals surface area contributed by atoms with Crippen LogP contribution < -0.4 is 4.74 Å². The van der Waals surface area contributed by atoms with Gasteiger partial charge in [-0.25, -0.2) is 31.1 Å². The molecule has 0 heterocycles. The van der Waals surface area contributed by atoms with Crippen LogP contribution in [0.2, 0.25) is 0 Å². The lowest BCUT2D eigenvalue weighted by Crippen LogP contribution is -2.14. The molecule has 1 fully saturated rings. The second-order valence-corrected chi connectivity index (χ2v) is 8.37. The molecule has 1 aliphatic carbocycles. The fraction of sp³-hybridized carbons (Fsp3) is 0.231. The van der Waals surface area contributed by atoms with Crippen LogP contribution in [0.15, 0.2) is 36.4 Å². The minimum absolute atomic E-state index is 0.331. The lowest BCUT2D eigenvalue weighted by atomic mass is 9.94. The van der Waals surface area contributed by atoms with E-state index < -0.39 is 68.9 Å². The van der Waals surface area contributed by atoms with Crippen molar-refractivity contribution in [2.24, 2.45) is 5.92 Å². The minimum atomic E-state index is -1.64. The van der Waals surface area contributed by atoms with Gasteiger partial charge in [0.25, 0.3) is 0 Å².